The molecule has 1 saturated heterocycles. The maximum Gasteiger partial charge on any atom is 1.00 e. The fourth-order valence-corrected chi connectivity index (χ4v) is 3.61. The average molecular weight is 499 g/mol. The fourth-order valence-electron chi connectivity index (χ4n) is 3.61. The van der Waals surface area contributed by atoms with E-state index >= 15 is 0 Å². The number of carbonyl (C=O) groups is 2. The Labute approximate surface area is 223 Å². The number of amides is 1. The van der Waals surface area contributed by atoms with Crippen LogP contribution in [0.5, 0.6) is 17.2 Å². The molecule has 0 bridgehead atoms. The van der Waals surface area contributed by atoms with Crippen molar-refractivity contribution in [3.8, 4) is 17.2 Å². The van der Waals surface area contributed by atoms with Crippen LogP contribution < -0.4 is 49.5 Å². The van der Waals surface area contributed by atoms with E-state index in [1.54, 1.807) is 24.3 Å². The van der Waals surface area contributed by atoms with Crippen LogP contribution in [0.1, 0.15) is 13.3 Å². The molecule has 2 aromatic carbocycles. The van der Waals surface area contributed by atoms with Gasteiger partial charge >= 0.3 is 29.6 Å². The molecule has 2 aromatic rings. The number of nitrogens with one attached hydrogen (secondary N) is 1. The summed E-state index contributed by atoms with van der Waals surface area (Å²) in [7, 11) is 0. The van der Waals surface area contributed by atoms with E-state index in [9.17, 15) is 35.1 Å². The zero-order valence-electron chi connectivity index (χ0n) is 19.2. The van der Waals surface area contributed by atoms with Gasteiger partial charge in [-0.25, -0.2) is 0 Å². The topological polar surface area (TPSA) is 178 Å². The third kappa shape index (κ3) is 7.15. The van der Waals surface area contributed by atoms with Gasteiger partial charge in [-0.2, -0.15) is 0 Å². The van der Waals surface area contributed by atoms with Crippen molar-refractivity contribution < 1.29 is 78.9 Å². The molecule has 3 rings (SSSR count). The summed E-state index contributed by atoms with van der Waals surface area (Å²) < 4.78 is 16.8. The summed E-state index contributed by atoms with van der Waals surface area (Å²) in [5.41, 5.74) is 0. The first-order chi connectivity index (χ1) is 16.1. The van der Waals surface area contributed by atoms with Crippen LogP contribution in [0.3, 0.4) is 0 Å². The normalized spacial score (nSPS) is 25.5. The van der Waals surface area contributed by atoms with Crippen LogP contribution >= 0.6 is 0 Å². The predicted molar refractivity (Wildman–Crippen MR) is 114 cm³/mol. The minimum absolute atomic E-state index is 0. The molecule has 1 amide bonds. The van der Waals surface area contributed by atoms with Gasteiger partial charge in [-0.05, 0) is 36.4 Å². The van der Waals surface area contributed by atoms with Crippen molar-refractivity contribution in [3.63, 3.8) is 0 Å². The number of aliphatic hydroxyl groups excluding tert-OH is 4. The third-order valence-corrected chi connectivity index (χ3v) is 5.26. The Bertz CT molecular complexity index is 976. The minimum Gasteiger partial charge on any atom is -0.543 e. The van der Waals surface area contributed by atoms with Crippen LogP contribution in [-0.4, -0.2) is 75.2 Å². The number of carboxylic acids is 1. The number of carbonyl (C=O) groups excluding carboxylic acids is 2. The fraction of sp³-hybridized carbons (Fsp3) is 0.391. The molecule has 11 nitrogen and oxygen atoms in total. The van der Waals surface area contributed by atoms with Crippen molar-refractivity contribution in [1.82, 2.24) is 5.32 Å². The summed E-state index contributed by atoms with van der Waals surface area (Å²) in [4.78, 5) is 23.7. The van der Waals surface area contributed by atoms with Crippen LogP contribution in [0.4, 0.5) is 0 Å². The Kier molecular flexibility index (Phi) is 10.5. The van der Waals surface area contributed by atoms with Gasteiger partial charge in [-0.1, -0.05) is 18.2 Å². The molecule has 1 aliphatic rings. The Morgan fingerprint density at radius 1 is 1.11 bits per heavy atom. The van der Waals surface area contributed by atoms with E-state index in [1.807, 2.05) is 6.07 Å². The van der Waals surface area contributed by atoms with Gasteiger partial charge in [-0.3, -0.25) is 4.79 Å². The second-order valence-electron chi connectivity index (χ2n) is 7.85. The van der Waals surface area contributed by atoms with Crippen molar-refractivity contribution in [2.24, 2.45) is 0 Å². The first kappa shape index (κ1) is 29.0. The van der Waals surface area contributed by atoms with Crippen LogP contribution in [0.25, 0.3) is 0 Å². The van der Waals surface area contributed by atoms with E-state index in [1.165, 1.54) is 24.3 Å². The summed E-state index contributed by atoms with van der Waals surface area (Å²) in [5, 5.41) is 54.6. The molecule has 12 heteroatoms. The van der Waals surface area contributed by atoms with Crippen LogP contribution in [0, 0.1) is 0 Å². The van der Waals surface area contributed by atoms with Gasteiger partial charge in [0.1, 0.15) is 41.5 Å². The summed E-state index contributed by atoms with van der Waals surface area (Å²) in [6, 6.07) is 13.5. The smallest absolute Gasteiger partial charge is 0.543 e. The van der Waals surface area contributed by atoms with Crippen LogP contribution in [0.2, 0.25) is 0 Å². The predicted octanol–water partition coefficient (Wildman–Crippen LogP) is -4.32. The van der Waals surface area contributed by atoms with E-state index in [-0.39, 0.29) is 35.3 Å². The van der Waals surface area contributed by atoms with Crippen molar-refractivity contribution in [3.05, 3.63) is 54.6 Å². The van der Waals surface area contributed by atoms with Gasteiger partial charge in [0, 0.05) is 13.3 Å². The largest absolute Gasteiger partial charge is 1.00 e. The second kappa shape index (κ2) is 12.7. The van der Waals surface area contributed by atoms with Gasteiger partial charge < -0.3 is 49.9 Å². The number of carboxylic acid groups (broad SMARTS) is 1. The molecule has 1 heterocycles. The number of rotatable bonds is 9. The Hall–Kier alpha value is -2.22. The van der Waals surface area contributed by atoms with E-state index in [0.29, 0.717) is 11.5 Å². The number of para-hydroxylation sites is 1. The summed E-state index contributed by atoms with van der Waals surface area (Å²) in [6.45, 7) is 0.265. The molecule has 0 spiro atoms. The van der Waals surface area contributed by atoms with E-state index < -0.39 is 61.1 Å². The summed E-state index contributed by atoms with van der Waals surface area (Å²) in [5.74, 6) is -3.98. The van der Waals surface area contributed by atoms with Crippen molar-refractivity contribution >= 4 is 11.9 Å². The van der Waals surface area contributed by atoms with Crippen LogP contribution in [0.15, 0.2) is 54.6 Å². The molecule has 35 heavy (non-hydrogen) atoms. The average Bonchev–Trinajstić information content (AvgIpc) is 2.81. The first-order valence-corrected chi connectivity index (χ1v) is 10.5. The van der Waals surface area contributed by atoms with Gasteiger partial charge in [-0.15, -0.1) is 0 Å². The maximum atomic E-state index is 12.1. The molecule has 5 N–H and O–H groups in total. The number of ether oxygens (including phenoxy) is 3. The van der Waals surface area contributed by atoms with E-state index in [4.69, 9.17) is 14.2 Å². The summed E-state index contributed by atoms with van der Waals surface area (Å²) in [6.07, 6.45) is -7.52. The molecule has 0 radical (unpaired) electrons. The molecule has 184 valence electrons. The Morgan fingerprint density at radius 3 is 2.23 bits per heavy atom. The second-order valence-corrected chi connectivity index (χ2v) is 7.85. The van der Waals surface area contributed by atoms with Gasteiger partial charge in [0.05, 0.1) is 18.8 Å². The van der Waals surface area contributed by atoms with Gasteiger partial charge in [0.25, 0.3) is 5.79 Å². The first-order valence-electron chi connectivity index (χ1n) is 10.5. The Balaban J connectivity index is 0.00000432. The van der Waals surface area contributed by atoms with Gasteiger partial charge in [0.15, 0.2) is 0 Å². The van der Waals surface area contributed by atoms with E-state index in [2.05, 4.69) is 5.32 Å². The monoisotopic (exact) mass is 499 g/mol. The molecule has 0 aliphatic carbocycles. The molecule has 1 aliphatic heterocycles. The maximum absolute atomic E-state index is 12.1. The van der Waals surface area contributed by atoms with Crippen LogP contribution in [-0.2, 0) is 14.3 Å². The Morgan fingerprint density at radius 2 is 1.69 bits per heavy atom. The minimum atomic E-state index is -2.57. The van der Waals surface area contributed by atoms with Gasteiger partial charge in [0.2, 0.25) is 5.91 Å². The number of hydrogen-bond acceptors (Lipinski definition) is 10. The number of aliphatic hydroxyl groups is 4. The zero-order valence-corrected chi connectivity index (χ0v) is 21.2. The standard InChI is InChI=1S/C23H27NO10.Na/c1-13(26)24-19-17(27)11-23(22(30)31,34-21(19)20(29)18(28)12-25)33-16-9-7-15(8-10-16)32-14-5-3-2-4-6-14;/h2-10,17-21,25,27-29H,11-12H2,1H3,(H,24,26)(H,30,31);/q;+1/p-1/t17-,18+,19+,20-,21+,23-;/m0./s1. The van der Waals surface area contributed by atoms with E-state index in [0.717, 1.165) is 6.92 Å². The molecular weight excluding hydrogens is 473 g/mol. The summed E-state index contributed by atoms with van der Waals surface area (Å²) >= 11 is 0. The zero-order chi connectivity index (χ0) is 24.9. The molecule has 0 saturated carbocycles. The number of aliphatic carboxylic acids is 1. The van der Waals surface area contributed by atoms with Crippen molar-refractivity contribution in [1.29, 1.82) is 0 Å². The van der Waals surface area contributed by atoms with Crippen molar-refractivity contribution in [2.45, 2.75) is 49.6 Å². The number of benzene rings is 2. The molecule has 0 unspecified atom stereocenters. The molecular formula is C23H26NNaO10. The quantitative estimate of drug-likeness (QED) is 0.212. The van der Waals surface area contributed by atoms with Crippen molar-refractivity contribution in [2.75, 3.05) is 6.61 Å². The third-order valence-electron chi connectivity index (χ3n) is 5.26. The molecule has 1 fully saturated rings. The SMILES string of the molecule is CC(=O)N[C@H]1[C@H]([C@@H](O)[C@H](O)CO)O[C@](Oc2ccc(Oc3ccccc3)cc2)(C(=O)[O-])C[C@@H]1O.[Na+]. The number of hydrogen-bond donors (Lipinski definition) is 5. The molecule has 0 aromatic heterocycles. The molecule has 6 atom stereocenters.